The number of thioether (sulfide) groups is 1. The van der Waals surface area contributed by atoms with Crippen LogP contribution in [0.3, 0.4) is 0 Å². The predicted molar refractivity (Wildman–Crippen MR) is 146 cm³/mol. The van der Waals surface area contributed by atoms with E-state index in [-0.39, 0.29) is 17.2 Å². The number of hydrazine groups is 1. The van der Waals surface area contributed by atoms with Gasteiger partial charge in [-0.15, -0.1) is 0 Å². The van der Waals surface area contributed by atoms with E-state index in [0.717, 1.165) is 29.7 Å². The molecule has 2 aromatic rings. The van der Waals surface area contributed by atoms with Gasteiger partial charge >= 0.3 is 0 Å². The Kier molecular flexibility index (Phi) is 6.06. The fourth-order valence-corrected chi connectivity index (χ4v) is 8.69. The van der Waals surface area contributed by atoms with E-state index in [2.05, 4.69) is 48.7 Å². The summed E-state index contributed by atoms with van der Waals surface area (Å²) in [6.07, 6.45) is 8.57. The number of carbonyl (C=O) groups is 2. The molecule has 2 aromatic carbocycles. The van der Waals surface area contributed by atoms with E-state index in [4.69, 9.17) is 12.2 Å². The maximum atomic E-state index is 13.4. The van der Waals surface area contributed by atoms with Gasteiger partial charge in [0, 0.05) is 9.79 Å². The summed E-state index contributed by atoms with van der Waals surface area (Å²) in [5, 5.41) is 1.30. The summed E-state index contributed by atoms with van der Waals surface area (Å²) < 4.78 is 0.394. The summed E-state index contributed by atoms with van der Waals surface area (Å²) in [6, 6.07) is 16.6. The minimum absolute atomic E-state index is 0.00775. The zero-order chi connectivity index (χ0) is 24.2. The van der Waals surface area contributed by atoms with Gasteiger partial charge < -0.3 is 0 Å². The van der Waals surface area contributed by atoms with Crippen LogP contribution in [0.5, 0.6) is 0 Å². The van der Waals surface area contributed by atoms with Crippen LogP contribution in [0.15, 0.2) is 63.2 Å². The molecule has 1 saturated heterocycles. The van der Waals surface area contributed by atoms with E-state index in [1.807, 2.05) is 18.2 Å². The van der Waals surface area contributed by atoms with E-state index in [1.54, 1.807) is 11.8 Å². The van der Waals surface area contributed by atoms with Crippen LogP contribution in [0.25, 0.3) is 6.08 Å². The monoisotopic (exact) mass is 520 g/mol. The predicted octanol–water partition coefficient (Wildman–Crippen LogP) is 6.60. The van der Waals surface area contributed by atoms with Gasteiger partial charge in [-0.2, -0.15) is 5.01 Å². The number of thiocarbonyl (C=S) groups is 1. The minimum Gasteiger partial charge on any atom is -0.273 e. The molecule has 1 N–H and O–H groups in total. The second-order valence-corrected chi connectivity index (χ2v) is 13.5. The first kappa shape index (κ1) is 23.3. The smallest absolute Gasteiger partial charge is 0.273 e. The SMILES string of the molecule is Cc1ccc(Sc2ccc(/C=C3\SC(=S)N(NC(=O)C45CC6CC(CC(C6)C4)C5)C3=O)cc2)cc1. The zero-order valence-corrected chi connectivity index (χ0v) is 22.1. The highest BCUT2D eigenvalue weighted by molar-refractivity contribution is 8.26. The number of aryl methyl sites for hydroxylation is 1. The van der Waals surface area contributed by atoms with Crippen LogP contribution < -0.4 is 5.43 Å². The third-order valence-corrected chi connectivity index (χ3v) is 10.3. The lowest BCUT2D eigenvalue weighted by Gasteiger charge is -2.55. The number of amides is 2. The molecule has 0 atom stereocenters. The second-order valence-electron chi connectivity index (χ2n) is 10.6. The lowest BCUT2D eigenvalue weighted by atomic mass is 9.49. The molecule has 2 amide bonds. The summed E-state index contributed by atoms with van der Waals surface area (Å²) in [7, 11) is 0. The molecule has 35 heavy (non-hydrogen) atoms. The summed E-state index contributed by atoms with van der Waals surface area (Å²) in [4.78, 5) is 29.4. The highest BCUT2D eigenvalue weighted by atomic mass is 32.2. The summed E-state index contributed by atoms with van der Waals surface area (Å²) in [6.45, 7) is 2.08. The van der Waals surface area contributed by atoms with Crippen molar-refractivity contribution < 1.29 is 9.59 Å². The summed E-state index contributed by atoms with van der Waals surface area (Å²) in [5.41, 5.74) is 4.80. The average molecular weight is 521 g/mol. The summed E-state index contributed by atoms with van der Waals surface area (Å²) >= 11 is 8.45. The number of hydrogen-bond acceptors (Lipinski definition) is 5. The first-order chi connectivity index (χ1) is 16.9. The van der Waals surface area contributed by atoms with Crippen molar-refractivity contribution in [1.29, 1.82) is 0 Å². The van der Waals surface area contributed by atoms with E-state index >= 15 is 0 Å². The van der Waals surface area contributed by atoms with Crippen molar-refractivity contribution >= 4 is 58.0 Å². The van der Waals surface area contributed by atoms with Gasteiger partial charge in [-0.25, -0.2) is 0 Å². The molecule has 4 nitrogen and oxygen atoms in total. The molecular formula is C28H28N2O2S3. The van der Waals surface area contributed by atoms with Crippen LogP contribution in [0.4, 0.5) is 0 Å². The largest absolute Gasteiger partial charge is 0.285 e. The molecule has 4 aliphatic carbocycles. The molecule has 180 valence electrons. The van der Waals surface area contributed by atoms with Gasteiger partial charge in [0.25, 0.3) is 5.91 Å². The fraction of sp³-hybridized carbons (Fsp3) is 0.393. The summed E-state index contributed by atoms with van der Waals surface area (Å²) in [5.74, 6) is 1.77. The molecular weight excluding hydrogens is 493 g/mol. The maximum Gasteiger partial charge on any atom is 0.285 e. The van der Waals surface area contributed by atoms with Gasteiger partial charge in [-0.05, 0) is 111 Å². The molecule has 7 rings (SSSR count). The van der Waals surface area contributed by atoms with Crippen LogP contribution in [-0.2, 0) is 9.59 Å². The Balaban J connectivity index is 1.13. The first-order valence-corrected chi connectivity index (χ1v) is 14.3. The van der Waals surface area contributed by atoms with Crippen molar-refractivity contribution in [3.8, 4) is 0 Å². The lowest BCUT2D eigenvalue weighted by Crippen LogP contribution is -2.57. The zero-order valence-electron chi connectivity index (χ0n) is 19.7. The molecule has 7 heteroatoms. The quantitative estimate of drug-likeness (QED) is 0.356. The van der Waals surface area contributed by atoms with Crippen molar-refractivity contribution in [2.45, 2.75) is 55.2 Å². The van der Waals surface area contributed by atoms with Crippen molar-refractivity contribution in [3.63, 3.8) is 0 Å². The van der Waals surface area contributed by atoms with Crippen molar-refractivity contribution in [2.24, 2.45) is 23.2 Å². The van der Waals surface area contributed by atoms with E-state index in [1.165, 1.54) is 46.5 Å². The first-order valence-electron chi connectivity index (χ1n) is 12.3. The Morgan fingerprint density at radius 3 is 2.11 bits per heavy atom. The number of nitrogens with one attached hydrogen (secondary N) is 1. The van der Waals surface area contributed by atoms with Crippen LogP contribution in [0.1, 0.15) is 49.7 Å². The Bertz CT molecular complexity index is 1180. The molecule has 0 unspecified atom stereocenters. The Morgan fingerprint density at radius 1 is 1.00 bits per heavy atom. The molecule has 0 aromatic heterocycles. The number of benzene rings is 2. The van der Waals surface area contributed by atoms with Gasteiger partial charge in [0.1, 0.15) is 0 Å². The number of rotatable bonds is 5. The minimum atomic E-state index is -0.313. The highest BCUT2D eigenvalue weighted by Crippen LogP contribution is 2.60. The fourth-order valence-electron chi connectivity index (χ4n) is 6.70. The molecule has 0 spiro atoms. The van der Waals surface area contributed by atoms with Gasteiger partial charge in [0.05, 0.1) is 10.3 Å². The molecule has 4 bridgehead atoms. The normalized spacial score (nSPS) is 30.4. The van der Waals surface area contributed by atoms with E-state index < -0.39 is 0 Å². The van der Waals surface area contributed by atoms with Crippen LogP contribution in [-0.4, -0.2) is 21.1 Å². The Morgan fingerprint density at radius 2 is 1.54 bits per heavy atom. The van der Waals surface area contributed by atoms with Gasteiger partial charge in [-0.3, -0.25) is 15.0 Å². The number of nitrogens with zero attached hydrogens (tertiary/aromatic N) is 1. The highest BCUT2D eigenvalue weighted by Gasteiger charge is 2.55. The number of hydrogen-bond donors (Lipinski definition) is 1. The van der Waals surface area contributed by atoms with Gasteiger partial charge in [0.2, 0.25) is 5.91 Å². The van der Waals surface area contributed by atoms with Crippen LogP contribution in [0, 0.1) is 30.1 Å². The van der Waals surface area contributed by atoms with Gasteiger partial charge in [0.15, 0.2) is 4.32 Å². The Hall–Kier alpha value is -2.09. The van der Waals surface area contributed by atoms with E-state index in [9.17, 15) is 9.59 Å². The average Bonchev–Trinajstić information content (AvgIpc) is 3.08. The van der Waals surface area contributed by atoms with Crippen LogP contribution >= 0.6 is 35.7 Å². The third-order valence-electron chi connectivity index (χ3n) is 7.96. The molecule has 5 aliphatic rings. The lowest BCUT2D eigenvalue weighted by molar-refractivity contribution is -0.152. The molecule has 0 radical (unpaired) electrons. The van der Waals surface area contributed by atoms with Crippen molar-refractivity contribution in [3.05, 3.63) is 64.6 Å². The molecule has 4 saturated carbocycles. The topological polar surface area (TPSA) is 49.4 Å². The molecule has 5 fully saturated rings. The molecule has 1 aliphatic heterocycles. The second kappa shape index (κ2) is 9.09. The van der Waals surface area contributed by atoms with Crippen LogP contribution in [0.2, 0.25) is 0 Å². The molecule has 1 heterocycles. The maximum absolute atomic E-state index is 13.4. The standard InChI is InChI=1S/C28H28N2O2S3/c1-17-2-6-22(7-3-17)34-23-8-4-18(5-9-23)13-24-25(31)30(27(33)35-24)29-26(32)28-14-19-10-20(15-28)12-21(11-19)16-28/h2-9,13,19-21H,10-12,14-16H2,1H3,(H,29,32)/b24-13-. The van der Waals surface area contributed by atoms with Crippen molar-refractivity contribution in [2.75, 3.05) is 0 Å². The van der Waals surface area contributed by atoms with E-state index in [0.29, 0.717) is 27.0 Å². The van der Waals surface area contributed by atoms with Crippen molar-refractivity contribution in [1.82, 2.24) is 10.4 Å². The third kappa shape index (κ3) is 4.58. The van der Waals surface area contributed by atoms with Gasteiger partial charge in [-0.1, -0.05) is 53.4 Å². The Labute approximate surface area is 220 Å². The number of carbonyl (C=O) groups excluding carboxylic acids is 2.